The number of carbonyl (C=O) groups is 2. The van der Waals surface area contributed by atoms with E-state index < -0.39 is 17.9 Å². The van der Waals surface area contributed by atoms with Crippen molar-refractivity contribution in [2.24, 2.45) is 5.92 Å². The van der Waals surface area contributed by atoms with Gasteiger partial charge in [-0.25, -0.2) is 0 Å². The molecular formula is C18H22N4O3. The Kier molecular flexibility index (Phi) is 4.32. The Labute approximate surface area is 146 Å². The van der Waals surface area contributed by atoms with Crippen molar-refractivity contribution in [3.8, 4) is 0 Å². The average Bonchev–Trinajstić information content (AvgIpc) is 3.14. The molecular weight excluding hydrogens is 320 g/mol. The molecule has 1 aliphatic rings. The Morgan fingerprint density at radius 1 is 1.36 bits per heavy atom. The van der Waals surface area contributed by atoms with Crippen molar-refractivity contribution >= 4 is 11.9 Å². The van der Waals surface area contributed by atoms with E-state index in [2.05, 4.69) is 10.1 Å². The number of hydrogen-bond donors (Lipinski definition) is 1. The normalized spacial score (nSPS) is 20.9. The maximum absolute atomic E-state index is 12.5. The van der Waals surface area contributed by atoms with E-state index in [0.717, 1.165) is 11.1 Å². The van der Waals surface area contributed by atoms with Gasteiger partial charge in [-0.05, 0) is 32.4 Å². The number of likely N-dealkylation sites (tertiary alicyclic amines) is 1. The summed E-state index contributed by atoms with van der Waals surface area (Å²) >= 11 is 0. The van der Waals surface area contributed by atoms with Crippen molar-refractivity contribution in [1.29, 1.82) is 0 Å². The van der Waals surface area contributed by atoms with Gasteiger partial charge in [0, 0.05) is 37.1 Å². The summed E-state index contributed by atoms with van der Waals surface area (Å²) in [5.74, 6) is -1.90. The summed E-state index contributed by atoms with van der Waals surface area (Å²) in [7, 11) is 0. The molecule has 2 aromatic heterocycles. The molecule has 2 atom stereocenters. The third-order valence-electron chi connectivity index (χ3n) is 4.46. The van der Waals surface area contributed by atoms with Crippen LogP contribution < -0.4 is 0 Å². The predicted molar refractivity (Wildman–Crippen MR) is 90.5 cm³/mol. The number of hydrogen-bond acceptors (Lipinski definition) is 4. The molecule has 0 aromatic carbocycles. The molecule has 0 saturated carbocycles. The van der Waals surface area contributed by atoms with Gasteiger partial charge < -0.3 is 10.0 Å². The van der Waals surface area contributed by atoms with E-state index in [1.807, 2.05) is 33.0 Å². The monoisotopic (exact) mass is 342 g/mol. The third-order valence-corrected chi connectivity index (χ3v) is 4.46. The van der Waals surface area contributed by atoms with Gasteiger partial charge >= 0.3 is 5.97 Å². The molecule has 0 unspecified atom stereocenters. The largest absolute Gasteiger partial charge is 0.481 e. The smallest absolute Gasteiger partial charge is 0.309 e. The van der Waals surface area contributed by atoms with Crippen LogP contribution in [-0.4, -0.2) is 36.6 Å². The van der Waals surface area contributed by atoms with Crippen molar-refractivity contribution < 1.29 is 14.7 Å². The molecule has 3 heterocycles. The lowest BCUT2D eigenvalue weighted by Crippen LogP contribution is -2.30. The molecule has 0 aliphatic carbocycles. The van der Waals surface area contributed by atoms with Gasteiger partial charge in [-0.15, -0.1) is 0 Å². The van der Waals surface area contributed by atoms with Gasteiger partial charge in [0.15, 0.2) is 0 Å². The van der Waals surface area contributed by atoms with Gasteiger partial charge in [-0.3, -0.25) is 19.3 Å². The number of pyridine rings is 1. The molecule has 7 heteroatoms. The molecule has 1 amide bonds. The van der Waals surface area contributed by atoms with Crippen LogP contribution in [0.4, 0.5) is 0 Å². The molecule has 0 spiro atoms. The Bertz CT molecular complexity index is 779. The van der Waals surface area contributed by atoms with E-state index in [1.165, 1.54) is 0 Å². The van der Waals surface area contributed by atoms with Gasteiger partial charge in [0.2, 0.25) is 5.91 Å². The zero-order chi connectivity index (χ0) is 18.2. The van der Waals surface area contributed by atoms with Crippen LogP contribution in [0.1, 0.15) is 44.4 Å². The van der Waals surface area contributed by atoms with Crippen molar-refractivity contribution in [3.63, 3.8) is 0 Å². The third kappa shape index (κ3) is 3.40. The number of rotatable bonds is 4. The highest BCUT2D eigenvalue weighted by Crippen LogP contribution is 2.39. The number of carboxylic acids is 1. The van der Waals surface area contributed by atoms with Gasteiger partial charge in [0.05, 0.1) is 23.7 Å². The summed E-state index contributed by atoms with van der Waals surface area (Å²) in [4.78, 5) is 29.9. The Balaban J connectivity index is 1.96. The van der Waals surface area contributed by atoms with Crippen LogP contribution >= 0.6 is 0 Å². The molecule has 1 N–H and O–H groups in total. The van der Waals surface area contributed by atoms with Gasteiger partial charge in [-0.2, -0.15) is 5.10 Å². The molecule has 0 radical (unpaired) electrons. The van der Waals surface area contributed by atoms with Crippen LogP contribution in [0, 0.1) is 5.92 Å². The number of amides is 1. The second-order valence-corrected chi connectivity index (χ2v) is 7.37. The SMILES string of the molecule is CC(C)(C)n1cc([C@H]2[C@@H](C(=O)O)CC(=O)N2Cc2cccnc2)cn1. The first kappa shape index (κ1) is 17.1. The number of aromatic nitrogens is 3. The van der Waals surface area contributed by atoms with Crippen molar-refractivity contribution in [1.82, 2.24) is 19.7 Å². The van der Waals surface area contributed by atoms with Crippen molar-refractivity contribution in [2.45, 2.75) is 45.3 Å². The van der Waals surface area contributed by atoms with Gasteiger partial charge in [-0.1, -0.05) is 6.07 Å². The first-order chi connectivity index (χ1) is 11.8. The van der Waals surface area contributed by atoms with E-state index in [0.29, 0.717) is 6.54 Å². The maximum atomic E-state index is 12.5. The highest BCUT2D eigenvalue weighted by atomic mass is 16.4. The molecule has 3 rings (SSSR count). The minimum Gasteiger partial charge on any atom is -0.481 e. The van der Waals surface area contributed by atoms with E-state index in [1.54, 1.807) is 34.2 Å². The van der Waals surface area contributed by atoms with E-state index in [9.17, 15) is 14.7 Å². The van der Waals surface area contributed by atoms with Gasteiger partial charge in [0.1, 0.15) is 0 Å². The summed E-state index contributed by atoms with van der Waals surface area (Å²) in [6.45, 7) is 6.39. The van der Waals surface area contributed by atoms with E-state index >= 15 is 0 Å². The van der Waals surface area contributed by atoms with Crippen LogP contribution in [0.25, 0.3) is 0 Å². The first-order valence-corrected chi connectivity index (χ1v) is 8.23. The quantitative estimate of drug-likeness (QED) is 0.920. The highest BCUT2D eigenvalue weighted by Gasteiger charge is 2.45. The molecule has 132 valence electrons. The predicted octanol–water partition coefficient (Wildman–Crippen LogP) is 2.21. The van der Waals surface area contributed by atoms with Crippen LogP contribution in [0.2, 0.25) is 0 Å². The number of aliphatic carboxylic acids is 1. The second kappa shape index (κ2) is 6.31. The molecule has 7 nitrogen and oxygen atoms in total. The van der Waals surface area contributed by atoms with Crippen LogP contribution in [0.15, 0.2) is 36.9 Å². The van der Waals surface area contributed by atoms with Crippen molar-refractivity contribution in [2.75, 3.05) is 0 Å². The fourth-order valence-electron chi connectivity index (χ4n) is 3.16. The lowest BCUT2D eigenvalue weighted by molar-refractivity contribution is -0.142. The van der Waals surface area contributed by atoms with Crippen LogP contribution in [-0.2, 0) is 21.7 Å². The highest BCUT2D eigenvalue weighted by molar-refractivity contribution is 5.87. The molecule has 25 heavy (non-hydrogen) atoms. The first-order valence-electron chi connectivity index (χ1n) is 8.23. The molecule has 1 saturated heterocycles. The molecule has 1 fully saturated rings. The van der Waals surface area contributed by atoms with E-state index in [-0.39, 0.29) is 17.9 Å². The second-order valence-electron chi connectivity index (χ2n) is 7.37. The number of nitrogens with zero attached hydrogens (tertiary/aromatic N) is 4. The van der Waals surface area contributed by atoms with Crippen LogP contribution in [0.3, 0.4) is 0 Å². The number of carboxylic acid groups (broad SMARTS) is 1. The molecule has 1 aliphatic heterocycles. The number of carbonyl (C=O) groups excluding carboxylic acids is 1. The summed E-state index contributed by atoms with van der Waals surface area (Å²) in [5, 5.41) is 14.0. The van der Waals surface area contributed by atoms with E-state index in [4.69, 9.17) is 0 Å². The molecule has 2 aromatic rings. The topological polar surface area (TPSA) is 88.3 Å². The van der Waals surface area contributed by atoms with Gasteiger partial charge in [0.25, 0.3) is 0 Å². The summed E-state index contributed by atoms with van der Waals surface area (Å²) < 4.78 is 1.80. The minimum atomic E-state index is -0.962. The summed E-state index contributed by atoms with van der Waals surface area (Å²) in [6.07, 6.45) is 6.87. The lowest BCUT2D eigenvalue weighted by Gasteiger charge is -2.26. The summed E-state index contributed by atoms with van der Waals surface area (Å²) in [6, 6.07) is 3.16. The Hall–Kier alpha value is -2.70. The van der Waals surface area contributed by atoms with Crippen molar-refractivity contribution in [3.05, 3.63) is 48.0 Å². The Morgan fingerprint density at radius 3 is 2.68 bits per heavy atom. The lowest BCUT2D eigenvalue weighted by atomic mass is 9.95. The fraction of sp³-hybridized carbons (Fsp3) is 0.444. The molecule has 0 bridgehead atoms. The minimum absolute atomic E-state index is 0.000952. The van der Waals surface area contributed by atoms with Crippen LogP contribution in [0.5, 0.6) is 0 Å². The zero-order valence-electron chi connectivity index (χ0n) is 14.6. The average molecular weight is 342 g/mol. The Morgan fingerprint density at radius 2 is 2.12 bits per heavy atom. The maximum Gasteiger partial charge on any atom is 0.309 e. The summed E-state index contributed by atoms with van der Waals surface area (Å²) in [5.41, 5.74) is 1.40. The standard InChI is InChI=1S/C18H22N4O3/c1-18(2,3)22-11-13(9-20-22)16-14(17(24)25)7-15(23)21(16)10-12-5-4-6-19-8-12/h4-6,8-9,11,14,16H,7,10H2,1-3H3,(H,24,25)/t14-,16-/m0/s1. The fourth-order valence-corrected chi connectivity index (χ4v) is 3.16. The zero-order valence-corrected chi connectivity index (χ0v) is 14.6.